The Hall–Kier alpha value is -0.390. The number of esters is 1. The van der Waals surface area contributed by atoms with Gasteiger partial charge in [0, 0.05) is 12.0 Å². The Kier molecular flexibility index (Phi) is 5.10. The largest absolute Gasteiger partial charge is 0.466 e. The number of ether oxygens (including phenoxy) is 1. The summed E-state index contributed by atoms with van der Waals surface area (Å²) in [5.41, 5.74) is 0.409. The van der Waals surface area contributed by atoms with Crippen LogP contribution in [0, 0.1) is 0 Å². The second kappa shape index (κ2) is 5.29. The van der Waals surface area contributed by atoms with Gasteiger partial charge in [-0.1, -0.05) is 6.08 Å². The van der Waals surface area contributed by atoms with Crippen LogP contribution < -0.4 is 0 Å². The van der Waals surface area contributed by atoms with Gasteiger partial charge >= 0.3 is 5.97 Å². The van der Waals surface area contributed by atoms with Gasteiger partial charge in [0.15, 0.2) is 3.79 Å². The van der Waals surface area contributed by atoms with Gasteiger partial charge < -0.3 is 4.74 Å². The van der Waals surface area contributed by atoms with Crippen molar-refractivity contribution in [1.82, 2.24) is 0 Å². The summed E-state index contributed by atoms with van der Waals surface area (Å²) in [6, 6.07) is 0. The number of hydrogen-bond donors (Lipinski definition) is 0. The Morgan fingerprint density at radius 2 is 2.09 bits per heavy atom. The molecule has 0 heterocycles. The first-order valence-electron chi connectivity index (χ1n) is 3.03. The molecule has 0 N–H and O–H groups in total. The van der Waals surface area contributed by atoms with Crippen molar-refractivity contribution in [3.8, 4) is 0 Å². The average molecular weight is 268 g/mol. The molecule has 0 aromatic carbocycles. The number of rotatable bonds is 3. The topological polar surface area (TPSA) is 43.4 Å². The Balaban J connectivity index is 4.20. The minimum Gasteiger partial charge on any atom is -0.466 e. The lowest BCUT2D eigenvalue weighted by molar-refractivity contribution is -0.136. The van der Waals surface area contributed by atoms with Gasteiger partial charge in [-0.25, -0.2) is 4.79 Å². The molecule has 11 heavy (non-hydrogen) atoms. The van der Waals surface area contributed by atoms with E-state index in [-0.39, 0.29) is 10.2 Å². The van der Waals surface area contributed by atoms with Crippen LogP contribution in [0.15, 0.2) is 11.6 Å². The van der Waals surface area contributed by atoms with Gasteiger partial charge in [0.1, 0.15) is 0 Å². The highest BCUT2D eigenvalue weighted by molar-refractivity contribution is 14.1. The van der Waals surface area contributed by atoms with Crippen LogP contribution in [0.4, 0.5) is 0 Å². The smallest absolute Gasteiger partial charge is 0.333 e. The molecule has 0 rings (SSSR count). The van der Waals surface area contributed by atoms with Gasteiger partial charge in [0.2, 0.25) is 0 Å². The molecule has 0 unspecified atom stereocenters. The first-order valence-corrected chi connectivity index (χ1v) is 4.11. The van der Waals surface area contributed by atoms with Gasteiger partial charge in [-0.15, -0.1) is 0 Å². The van der Waals surface area contributed by atoms with Crippen LogP contribution >= 0.6 is 22.6 Å². The maximum atomic E-state index is 10.8. The summed E-state index contributed by atoms with van der Waals surface area (Å²) in [6.45, 7) is 1.70. The summed E-state index contributed by atoms with van der Waals surface area (Å²) in [7, 11) is 1.30. The molecular weight excluding hydrogens is 259 g/mol. The van der Waals surface area contributed by atoms with Crippen LogP contribution in [0.5, 0.6) is 0 Å². The van der Waals surface area contributed by atoms with Crippen LogP contribution in [-0.4, -0.2) is 16.9 Å². The standard InChI is InChI=1S/C7H9IO3/c1-3-5(4-6(8)9)7(10)11-2/h3H,4H2,1-2H3/b5-3-. The van der Waals surface area contributed by atoms with E-state index in [1.54, 1.807) is 35.6 Å². The van der Waals surface area contributed by atoms with Gasteiger partial charge in [-0.05, 0) is 29.5 Å². The van der Waals surface area contributed by atoms with Crippen LogP contribution in [0.1, 0.15) is 13.3 Å². The molecule has 0 amide bonds. The first kappa shape index (κ1) is 10.6. The Bertz CT molecular complexity index is 196. The molecule has 0 saturated heterocycles. The van der Waals surface area contributed by atoms with Crippen molar-refractivity contribution in [2.75, 3.05) is 7.11 Å². The maximum Gasteiger partial charge on any atom is 0.333 e. The molecule has 0 aliphatic carbocycles. The molecule has 0 bridgehead atoms. The molecule has 0 spiro atoms. The van der Waals surface area contributed by atoms with E-state index in [2.05, 4.69) is 4.74 Å². The normalized spacial score (nSPS) is 11.0. The second-order valence-electron chi connectivity index (χ2n) is 1.84. The molecule has 0 aliphatic rings. The van der Waals surface area contributed by atoms with Gasteiger partial charge in [-0.2, -0.15) is 0 Å². The van der Waals surface area contributed by atoms with E-state index in [9.17, 15) is 9.59 Å². The van der Waals surface area contributed by atoms with Crippen LogP contribution in [0.25, 0.3) is 0 Å². The Labute approximate surface area is 78.9 Å². The van der Waals surface area contributed by atoms with E-state index in [1.807, 2.05) is 0 Å². The van der Waals surface area contributed by atoms with E-state index in [0.29, 0.717) is 5.57 Å². The SMILES string of the molecule is C/C=C(/CC(=O)I)C(=O)OC. The molecule has 0 fully saturated rings. The molecule has 0 atom stereocenters. The van der Waals surface area contributed by atoms with Gasteiger partial charge in [0.05, 0.1) is 7.11 Å². The van der Waals surface area contributed by atoms with Crippen molar-refractivity contribution in [2.45, 2.75) is 13.3 Å². The predicted molar refractivity (Wildman–Crippen MR) is 49.4 cm³/mol. The maximum absolute atomic E-state index is 10.8. The van der Waals surface area contributed by atoms with E-state index in [4.69, 9.17) is 0 Å². The quantitative estimate of drug-likeness (QED) is 0.337. The Morgan fingerprint density at radius 3 is 2.36 bits per heavy atom. The number of allylic oxidation sites excluding steroid dienone is 1. The number of carbonyl (C=O) groups excluding carboxylic acids is 2. The van der Waals surface area contributed by atoms with Crippen molar-refractivity contribution in [3.63, 3.8) is 0 Å². The highest BCUT2D eigenvalue weighted by Gasteiger charge is 2.10. The highest BCUT2D eigenvalue weighted by Crippen LogP contribution is 2.07. The third-order valence-corrected chi connectivity index (χ3v) is 1.51. The number of methoxy groups -OCH3 is 1. The van der Waals surface area contributed by atoms with Crippen molar-refractivity contribution in [1.29, 1.82) is 0 Å². The molecule has 0 aromatic rings. The predicted octanol–water partition coefficient (Wildman–Crippen LogP) is 1.46. The van der Waals surface area contributed by atoms with Crippen molar-refractivity contribution in [3.05, 3.63) is 11.6 Å². The summed E-state index contributed by atoms with van der Waals surface area (Å²) < 4.78 is 4.37. The van der Waals surface area contributed by atoms with Crippen LogP contribution in [-0.2, 0) is 14.3 Å². The first-order chi connectivity index (χ1) is 5.11. The highest BCUT2D eigenvalue weighted by atomic mass is 127. The van der Waals surface area contributed by atoms with Crippen LogP contribution in [0.3, 0.4) is 0 Å². The fraction of sp³-hybridized carbons (Fsp3) is 0.429. The molecule has 3 nitrogen and oxygen atoms in total. The van der Waals surface area contributed by atoms with Gasteiger partial charge in [0.25, 0.3) is 0 Å². The number of halogens is 1. The summed E-state index contributed by atoms with van der Waals surface area (Å²) >= 11 is 1.64. The molecule has 4 heteroatoms. The van der Waals surface area contributed by atoms with E-state index in [1.165, 1.54) is 7.11 Å². The van der Waals surface area contributed by atoms with Crippen molar-refractivity contribution < 1.29 is 14.3 Å². The summed E-state index contributed by atoms with van der Waals surface area (Å²) in [5.74, 6) is -0.433. The monoisotopic (exact) mass is 268 g/mol. The lowest BCUT2D eigenvalue weighted by Crippen LogP contribution is -2.06. The molecular formula is C7H9IO3. The second-order valence-corrected chi connectivity index (χ2v) is 3.04. The summed E-state index contributed by atoms with van der Waals surface area (Å²) in [4.78, 5) is 21.4. The molecule has 0 aliphatic heterocycles. The number of carbonyl (C=O) groups is 2. The van der Waals surface area contributed by atoms with E-state index < -0.39 is 5.97 Å². The molecule has 62 valence electrons. The van der Waals surface area contributed by atoms with E-state index >= 15 is 0 Å². The third-order valence-electron chi connectivity index (χ3n) is 1.13. The zero-order valence-corrected chi connectivity index (χ0v) is 8.54. The fourth-order valence-electron chi connectivity index (χ4n) is 0.573. The molecule has 0 radical (unpaired) electrons. The lowest BCUT2D eigenvalue weighted by Gasteiger charge is -1.99. The zero-order chi connectivity index (χ0) is 8.85. The van der Waals surface area contributed by atoms with Crippen molar-refractivity contribution >= 4 is 32.4 Å². The van der Waals surface area contributed by atoms with Crippen molar-refractivity contribution in [2.24, 2.45) is 0 Å². The lowest BCUT2D eigenvalue weighted by atomic mass is 10.2. The minimum atomic E-state index is -0.433. The van der Waals surface area contributed by atoms with Crippen LogP contribution in [0.2, 0.25) is 0 Å². The summed E-state index contributed by atoms with van der Waals surface area (Å²) in [6.07, 6.45) is 1.73. The molecule has 0 aromatic heterocycles. The summed E-state index contributed by atoms with van der Waals surface area (Å²) in [5, 5.41) is 0. The Morgan fingerprint density at radius 1 is 1.55 bits per heavy atom. The third kappa shape index (κ3) is 4.13. The average Bonchev–Trinajstić information content (AvgIpc) is 1.98. The van der Waals surface area contributed by atoms with Gasteiger partial charge in [-0.3, -0.25) is 4.79 Å². The fourth-order valence-corrected chi connectivity index (χ4v) is 0.984. The minimum absolute atomic E-state index is 0.0684. The number of hydrogen-bond acceptors (Lipinski definition) is 3. The zero-order valence-electron chi connectivity index (χ0n) is 6.39. The molecule has 0 saturated carbocycles. The van der Waals surface area contributed by atoms with E-state index in [0.717, 1.165) is 0 Å².